The zero-order chi connectivity index (χ0) is 19.8. The van der Waals surface area contributed by atoms with Gasteiger partial charge in [0.05, 0.1) is 17.4 Å². The van der Waals surface area contributed by atoms with E-state index >= 15 is 0 Å². The second-order valence-electron chi connectivity index (χ2n) is 7.33. The second-order valence-corrected chi connectivity index (χ2v) is 7.33. The van der Waals surface area contributed by atoms with Gasteiger partial charge in [-0.2, -0.15) is 9.78 Å². The lowest BCUT2D eigenvalue weighted by molar-refractivity contribution is 0.303. The number of rotatable bonds is 4. The van der Waals surface area contributed by atoms with Crippen LogP contribution in [0.2, 0.25) is 0 Å². The van der Waals surface area contributed by atoms with Crippen LogP contribution in [0.3, 0.4) is 0 Å². The van der Waals surface area contributed by atoms with E-state index in [0.717, 1.165) is 36.3 Å². The third-order valence-corrected chi connectivity index (χ3v) is 5.53. The Hall–Kier alpha value is -3.09. The molecule has 0 radical (unpaired) electrons. The number of halogens is 1. The van der Waals surface area contributed by atoms with Crippen LogP contribution in [0.1, 0.15) is 16.8 Å². The molecule has 3 heterocycles. The van der Waals surface area contributed by atoms with Gasteiger partial charge in [-0.25, -0.2) is 0 Å². The lowest BCUT2D eigenvalue weighted by atomic mass is 10.0. The average molecular weight is 423 g/mol. The van der Waals surface area contributed by atoms with Gasteiger partial charge in [0.2, 0.25) is 0 Å². The van der Waals surface area contributed by atoms with E-state index in [9.17, 15) is 4.79 Å². The molecule has 30 heavy (non-hydrogen) atoms. The Kier molecular flexibility index (Phi) is 5.61. The third-order valence-electron chi connectivity index (χ3n) is 5.53. The van der Waals surface area contributed by atoms with Crippen LogP contribution in [0.5, 0.6) is 5.75 Å². The molecule has 0 atom stereocenters. The summed E-state index contributed by atoms with van der Waals surface area (Å²) in [7, 11) is 2.08. The Morgan fingerprint density at radius 2 is 1.97 bits per heavy atom. The standard InChI is InChI=1S/C23H22N4O2.ClH/c1-26-21-11-17(7-8-19(21)20-9-10-24-14-22(20)26)27-23(28)12-18(13-25-27)29-15-16-5-3-2-4-6-16;/h2-8,11-13,24H,9-10,14-15H2,1H3;1H. The molecule has 1 N–H and O–H groups in total. The Morgan fingerprint density at radius 1 is 1.13 bits per heavy atom. The molecule has 0 saturated heterocycles. The van der Waals surface area contributed by atoms with Crippen molar-refractivity contribution in [1.29, 1.82) is 0 Å². The first-order valence-electron chi connectivity index (χ1n) is 9.78. The highest BCUT2D eigenvalue weighted by atomic mass is 35.5. The molecule has 2 aromatic heterocycles. The first-order chi connectivity index (χ1) is 14.2. The minimum Gasteiger partial charge on any atom is -0.487 e. The van der Waals surface area contributed by atoms with Crippen molar-refractivity contribution >= 4 is 23.3 Å². The number of nitrogens with one attached hydrogen (secondary N) is 1. The van der Waals surface area contributed by atoms with Gasteiger partial charge in [-0.3, -0.25) is 4.79 Å². The van der Waals surface area contributed by atoms with Crippen molar-refractivity contribution in [2.24, 2.45) is 7.05 Å². The zero-order valence-corrected chi connectivity index (χ0v) is 17.5. The lowest BCUT2D eigenvalue weighted by Crippen LogP contribution is -2.24. The fourth-order valence-electron chi connectivity index (χ4n) is 4.02. The Labute approximate surface area is 180 Å². The summed E-state index contributed by atoms with van der Waals surface area (Å²) in [6, 6.07) is 17.4. The van der Waals surface area contributed by atoms with Crippen LogP contribution in [0, 0.1) is 0 Å². The third kappa shape index (κ3) is 3.60. The van der Waals surface area contributed by atoms with E-state index in [2.05, 4.69) is 28.1 Å². The first kappa shape index (κ1) is 20.2. The van der Waals surface area contributed by atoms with Gasteiger partial charge in [-0.05, 0) is 36.2 Å². The van der Waals surface area contributed by atoms with Crippen molar-refractivity contribution in [3.8, 4) is 11.4 Å². The Bertz CT molecular complexity index is 1250. The van der Waals surface area contributed by atoms with Crippen molar-refractivity contribution in [2.75, 3.05) is 6.54 Å². The molecule has 1 aliphatic rings. The number of nitrogens with zero attached hydrogens (tertiary/aromatic N) is 3. The highest BCUT2D eigenvalue weighted by Gasteiger charge is 2.18. The summed E-state index contributed by atoms with van der Waals surface area (Å²) in [5.41, 5.74) is 5.42. The van der Waals surface area contributed by atoms with Gasteiger partial charge >= 0.3 is 0 Å². The minimum atomic E-state index is -0.212. The van der Waals surface area contributed by atoms with Crippen LogP contribution in [0.4, 0.5) is 0 Å². The van der Waals surface area contributed by atoms with E-state index in [1.165, 1.54) is 27.4 Å². The molecule has 0 spiro atoms. The molecular formula is C23H23ClN4O2. The summed E-state index contributed by atoms with van der Waals surface area (Å²) in [6.07, 6.45) is 2.62. The number of hydrogen-bond donors (Lipinski definition) is 1. The average Bonchev–Trinajstić information content (AvgIpc) is 3.05. The van der Waals surface area contributed by atoms with Gasteiger partial charge in [-0.1, -0.05) is 36.4 Å². The van der Waals surface area contributed by atoms with E-state index in [-0.39, 0.29) is 18.0 Å². The fourth-order valence-corrected chi connectivity index (χ4v) is 4.02. The quantitative estimate of drug-likeness (QED) is 0.547. The number of aromatic nitrogens is 3. The predicted octanol–water partition coefficient (Wildman–Crippen LogP) is 3.37. The molecule has 7 heteroatoms. The van der Waals surface area contributed by atoms with E-state index in [1.54, 1.807) is 6.20 Å². The lowest BCUT2D eigenvalue weighted by Gasteiger charge is -2.14. The van der Waals surface area contributed by atoms with E-state index < -0.39 is 0 Å². The first-order valence-corrected chi connectivity index (χ1v) is 9.78. The normalized spacial score (nSPS) is 13.0. The molecule has 0 amide bonds. The van der Waals surface area contributed by atoms with Crippen molar-refractivity contribution < 1.29 is 4.74 Å². The number of fused-ring (bicyclic) bond motifs is 3. The monoisotopic (exact) mass is 422 g/mol. The molecule has 0 fully saturated rings. The summed E-state index contributed by atoms with van der Waals surface area (Å²) in [6.45, 7) is 2.28. The molecule has 0 saturated carbocycles. The summed E-state index contributed by atoms with van der Waals surface area (Å²) in [5, 5.41) is 9.02. The van der Waals surface area contributed by atoms with Crippen LogP contribution < -0.4 is 15.6 Å². The second kappa shape index (κ2) is 8.34. The van der Waals surface area contributed by atoms with Crippen molar-refractivity contribution in [3.63, 3.8) is 0 Å². The van der Waals surface area contributed by atoms with Gasteiger partial charge in [0.1, 0.15) is 12.4 Å². The molecule has 1 aliphatic heterocycles. The van der Waals surface area contributed by atoms with Gasteiger partial charge in [0, 0.05) is 30.7 Å². The highest BCUT2D eigenvalue weighted by molar-refractivity contribution is 5.87. The van der Waals surface area contributed by atoms with Crippen LogP contribution in [-0.4, -0.2) is 20.9 Å². The number of hydrogen-bond acceptors (Lipinski definition) is 4. The predicted molar refractivity (Wildman–Crippen MR) is 120 cm³/mol. The molecule has 0 aliphatic carbocycles. The van der Waals surface area contributed by atoms with Gasteiger partial charge < -0.3 is 14.6 Å². The summed E-state index contributed by atoms with van der Waals surface area (Å²) in [4.78, 5) is 12.7. The molecular weight excluding hydrogens is 400 g/mol. The zero-order valence-electron chi connectivity index (χ0n) is 16.7. The van der Waals surface area contributed by atoms with E-state index in [4.69, 9.17) is 4.74 Å². The molecule has 5 rings (SSSR count). The molecule has 2 aromatic carbocycles. The van der Waals surface area contributed by atoms with Crippen LogP contribution >= 0.6 is 12.4 Å². The van der Waals surface area contributed by atoms with Crippen LogP contribution in [0.15, 0.2) is 65.6 Å². The smallest absolute Gasteiger partial charge is 0.275 e. The van der Waals surface area contributed by atoms with Crippen molar-refractivity contribution in [2.45, 2.75) is 19.6 Å². The SMILES string of the molecule is Cl.Cn1c2c(c3ccc(-n4ncc(OCc5ccccc5)cc4=O)cc31)CCNC2. The maximum Gasteiger partial charge on any atom is 0.275 e. The molecule has 0 bridgehead atoms. The number of ether oxygens (including phenoxy) is 1. The number of benzene rings is 2. The van der Waals surface area contributed by atoms with Crippen molar-refractivity contribution in [1.82, 2.24) is 19.7 Å². The maximum atomic E-state index is 12.7. The molecule has 0 unspecified atom stereocenters. The molecule has 154 valence electrons. The summed E-state index contributed by atoms with van der Waals surface area (Å²) >= 11 is 0. The van der Waals surface area contributed by atoms with Crippen LogP contribution in [0.25, 0.3) is 16.6 Å². The topological polar surface area (TPSA) is 61.1 Å². The summed E-state index contributed by atoms with van der Waals surface area (Å²) < 4.78 is 9.35. The van der Waals surface area contributed by atoms with Gasteiger partial charge in [0.25, 0.3) is 5.56 Å². The molecule has 6 nitrogen and oxygen atoms in total. The van der Waals surface area contributed by atoms with E-state index in [0.29, 0.717) is 12.4 Å². The Balaban J connectivity index is 0.00000218. The van der Waals surface area contributed by atoms with Crippen LogP contribution in [-0.2, 0) is 26.6 Å². The minimum absolute atomic E-state index is 0. The number of aryl methyl sites for hydroxylation is 1. The largest absolute Gasteiger partial charge is 0.487 e. The highest BCUT2D eigenvalue weighted by Crippen LogP contribution is 2.29. The maximum absolute atomic E-state index is 12.7. The summed E-state index contributed by atoms with van der Waals surface area (Å²) in [5.74, 6) is 0.469. The fraction of sp³-hybridized carbons (Fsp3) is 0.217. The molecule has 4 aromatic rings. The van der Waals surface area contributed by atoms with Crippen molar-refractivity contribution in [3.05, 3.63) is 88.0 Å². The van der Waals surface area contributed by atoms with Gasteiger partial charge in [0.15, 0.2) is 0 Å². The Morgan fingerprint density at radius 3 is 2.77 bits per heavy atom. The van der Waals surface area contributed by atoms with Gasteiger partial charge in [-0.15, -0.1) is 12.4 Å². The van der Waals surface area contributed by atoms with E-state index in [1.807, 2.05) is 42.5 Å².